The van der Waals surface area contributed by atoms with Crippen LogP contribution in [0.2, 0.25) is 0 Å². The molecule has 17 atom stereocenters. The van der Waals surface area contributed by atoms with E-state index in [-0.39, 0.29) is 18.9 Å². The molecule has 0 aromatic carbocycles. The van der Waals surface area contributed by atoms with Crippen LogP contribution in [0.3, 0.4) is 0 Å². The highest BCUT2D eigenvalue weighted by atomic mass is 16.8. The Bertz CT molecular complexity index is 1950. The summed E-state index contributed by atoms with van der Waals surface area (Å²) in [5.41, 5.74) is 0. The van der Waals surface area contributed by atoms with Gasteiger partial charge in [-0.05, 0) is 70.6 Å². The van der Waals surface area contributed by atoms with Gasteiger partial charge in [0.05, 0.1) is 38.6 Å². The summed E-state index contributed by atoms with van der Waals surface area (Å²) in [4.78, 5) is 13.4. The number of hydrogen-bond acceptors (Lipinski definition) is 18. The Morgan fingerprint density at radius 2 is 0.726 bits per heavy atom. The van der Waals surface area contributed by atoms with Crippen LogP contribution in [0.1, 0.15) is 284 Å². The van der Waals surface area contributed by atoms with Gasteiger partial charge in [-0.2, -0.15) is 0 Å². The van der Waals surface area contributed by atoms with Crippen molar-refractivity contribution in [1.29, 1.82) is 0 Å². The second-order valence-corrected chi connectivity index (χ2v) is 27.1. The number of nitrogens with one attached hydrogen (secondary N) is 1. The fourth-order valence-corrected chi connectivity index (χ4v) is 12.6. The molecule has 0 saturated carbocycles. The van der Waals surface area contributed by atoms with E-state index < -0.39 is 124 Å². The van der Waals surface area contributed by atoms with Gasteiger partial charge in [0.2, 0.25) is 5.91 Å². The molecular formula is C76H137NO18. The van der Waals surface area contributed by atoms with Crippen LogP contribution < -0.4 is 5.32 Å². The minimum atomic E-state index is -1.98. The molecule has 0 radical (unpaired) electrons. The van der Waals surface area contributed by atoms with E-state index in [9.17, 15) is 61.0 Å². The molecule has 1 amide bonds. The lowest BCUT2D eigenvalue weighted by Gasteiger charge is -2.48. The van der Waals surface area contributed by atoms with Crippen molar-refractivity contribution in [1.82, 2.24) is 5.32 Å². The van der Waals surface area contributed by atoms with Gasteiger partial charge in [-0.15, -0.1) is 0 Å². The van der Waals surface area contributed by atoms with E-state index in [1.165, 1.54) is 193 Å². The second-order valence-electron chi connectivity index (χ2n) is 27.1. The standard InChI is InChI=1S/C76H137NO18/c1-3-5-7-9-11-13-15-16-17-18-19-20-21-22-23-24-25-26-27-28-29-30-31-32-33-34-35-36-37-38-39-40-41-42-44-46-48-50-52-54-64(82)77-59(60(81)53-51-49-47-45-43-14-12-10-8-6-4-2)58-90-74-70(88)67(85)72(62(56-79)92-74)95-76-71(89)68(86)73(63(57-80)93-76)94-75-69(87)66(84)65(83)61(55-78)91-75/h8,10,15-16,18-19,43,45,51,53,59-63,65-76,78-81,83-89H,3-7,9,11-14,17,20-42,44,46-50,52,54-58H2,1-2H3,(H,77,82)/b10-8+,16-15-,19-18-,45-43+,53-51+. The number of unbranched alkanes of at least 4 members (excludes halogenated alkanes) is 35. The first-order chi connectivity index (χ1) is 46.3. The number of amides is 1. The molecule has 3 rings (SSSR count). The number of hydrogen-bond donors (Lipinski definition) is 12. The zero-order valence-electron chi connectivity index (χ0n) is 58.9. The van der Waals surface area contributed by atoms with Crippen molar-refractivity contribution in [2.24, 2.45) is 0 Å². The molecular weight excluding hydrogens is 1210 g/mol. The average molecular weight is 1350 g/mol. The van der Waals surface area contributed by atoms with Gasteiger partial charge in [-0.3, -0.25) is 4.79 Å². The van der Waals surface area contributed by atoms with Gasteiger partial charge in [0, 0.05) is 6.42 Å². The fourth-order valence-electron chi connectivity index (χ4n) is 12.6. The normalized spacial score (nSPS) is 27.5. The number of allylic oxidation sites excluding steroid dienone is 9. The Morgan fingerprint density at radius 3 is 1.15 bits per heavy atom. The molecule has 95 heavy (non-hydrogen) atoms. The van der Waals surface area contributed by atoms with E-state index in [2.05, 4.69) is 67.8 Å². The number of carbonyl (C=O) groups is 1. The molecule has 0 aromatic heterocycles. The van der Waals surface area contributed by atoms with Crippen LogP contribution in [-0.4, -0.2) is 193 Å². The van der Waals surface area contributed by atoms with Crippen LogP contribution >= 0.6 is 0 Å². The van der Waals surface area contributed by atoms with Gasteiger partial charge in [-0.25, -0.2) is 0 Å². The lowest BCUT2D eigenvalue weighted by molar-refractivity contribution is -0.379. The van der Waals surface area contributed by atoms with Gasteiger partial charge >= 0.3 is 0 Å². The second kappa shape index (κ2) is 57.2. The summed E-state index contributed by atoms with van der Waals surface area (Å²) in [5, 5.41) is 120. The van der Waals surface area contributed by atoms with Crippen LogP contribution in [0.25, 0.3) is 0 Å². The first kappa shape index (κ1) is 86.7. The lowest BCUT2D eigenvalue weighted by Crippen LogP contribution is -2.66. The molecule has 554 valence electrons. The number of aliphatic hydroxyl groups excluding tert-OH is 11. The third-order valence-corrected chi connectivity index (χ3v) is 18.7. The van der Waals surface area contributed by atoms with Crippen molar-refractivity contribution in [3.63, 3.8) is 0 Å². The van der Waals surface area contributed by atoms with Gasteiger partial charge in [-0.1, -0.05) is 267 Å². The monoisotopic (exact) mass is 1350 g/mol. The maximum absolute atomic E-state index is 13.4. The SMILES string of the molecule is CCC/C=C/CC/C=C/CC/C=C/C(O)C(COC1OC(CO)C(OC2OC(CO)C(OC3OC(CO)C(O)C(O)C3O)C(O)C2O)C(O)C1O)NC(=O)CCCCCCCCCCCCCCCCCCCCCCCCCCCCC/C=C\C/C=C\CCCCCCC. The third kappa shape index (κ3) is 38.2. The van der Waals surface area contributed by atoms with Crippen molar-refractivity contribution >= 4 is 5.91 Å². The van der Waals surface area contributed by atoms with Crippen LogP contribution in [0.15, 0.2) is 60.8 Å². The Balaban J connectivity index is 1.27. The molecule has 17 unspecified atom stereocenters. The summed E-state index contributed by atoms with van der Waals surface area (Å²) >= 11 is 0. The van der Waals surface area contributed by atoms with Crippen LogP contribution in [-0.2, 0) is 33.2 Å². The fraction of sp³-hybridized carbons (Fsp3) is 0.855. The lowest BCUT2D eigenvalue weighted by atomic mass is 9.96. The zero-order valence-corrected chi connectivity index (χ0v) is 58.9. The molecule has 19 heteroatoms. The minimum Gasteiger partial charge on any atom is -0.394 e. The number of aliphatic hydroxyl groups is 11. The average Bonchev–Trinajstić information content (AvgIpc) is 0.786. The molecule has 0 aliphatic carbocycles. The van der Waals surface area contributed by atoms with E-state index in [0.717, 1.165) is 57.8 Å². The Labute approximate surface area is 573 Å². The third-order valence-electron chi connectivity index (χ3n) is 18.7. The smallest absolute Gasteiger partial charge is 0.220 e. The predicted molar refractivity (Wildman–Crippen MR) is 374 cm³/mol. The van der Waals surface area contributed by atoms with Crippen molar-refractivity contribution in [3.05, 3.63) is 60.8 Å². The van der Waals surface area contributed by atoms with E-state index in [1.54, 1.807) is 6.08 Å². The molecule has 3 aliphatic heterocycles. The Morgan fingerprint density at radius 1 is 0.379 bits per heavy atom. The summed E-state index contributed by atoms with van der Waals surface area (Å²) in [6, 6.07) is -0.995. The zero-order chi connectivity index (χ0) is 68.9. The van der Waals surface area contributed by atoms with Crippen LogP contribution in [0.5, 0.6) is 0 Å². The predicted octanol–water partition coefficient (Wildman–Crippen LogP) is 11.5. The molecule has 3 saturated heterocycles. The van der Waals surface area contributed by atoms with E-state index in [4.69, 9.17) is 28.4 Å². The number of rotatable bonds is 59. The van der Waals surface area contributed by atoms with Gasteiger partial charge in [0.15, 0.2) is 18.9 Å². The molecule has 0 aromatic rings. The molecule has 19 nitrogen and oxygen atoms in total. The van der Waals surface area contributed by atoms with Gasteiger partial charge in [0.1, 0.15) is 73.2 Å². The van der Waals surface area contributed by atoms with Crippen molar-refractivity contribution in [2.75, 3.05) is 26.4 Å². The van der Waals surface area contributed by atoms with Crippen molar-refractivity contribution < 1.29 is 89.4 Å². The molecule has 3 fully saturated rings. The van der Waals surface area contributed by atoms with Gasteiger partial charge < -0.3 is 89.9 Å². The highest BCUT2D eigenvalue weighted by Gasteiger charge is 2.53. The molecule has 3 aliphatic rings. The summed E-state index contributed by atoms with van der Waals surface area (Å²) in [7, 11) is 0. The number of carbonyl (C=O) groups excluding carboxylic acids is 1. The topological polar surface area (TPSA) is 307 Å². The molecule has 0 bridgehead atoms. The highest BCUT2D eigenvalue weighted by Crippen LogP contribution is 2.33. The van der Waals surface area contributed by atoms with E-state index in [0.29, 0.717) is 12.8 Å². The first-order valence-corrected chi connectivity index (χ1v) is 38.0. The van der Waals surface area contributed by atoms with E-state index >= 15 is 0 Å². The maximum Gasteiger partial charge on any atom is 0.220 e. The summed E-state index contributed by atoms with van der Waals surface area (Å²) in [5.74, 6) is -0.288. The van der Waals surface area contributed by atoms with E-state index in [1.807, 2.05) is 6.08 Å². The number of ether oxygens (including phenoxy) is 6. The first-order valence-electron chi connectivity index (χ1n) is 38.0. The largest absolute Gasteiger partial charge is 0.394 e. The van der Waals surface area contributed by atoms with Gasteiger partial charge in [0.25, 0.3) is 0 Å². The van der Waals surface area contributed by atoms with Crippen molar-refractivity contribution in [2.45, 2.75) is 388 Å². The van der Waals surface area contributed by atoms with Crippen LogP contribution in [0.4, 0.5) is 0 Å². The highest BCUT2D eigenvalue weighted by molar-refractivity contribution is 5.76. The molecule has 3 heterocycles. The summed E-state index contributed by atoms with van der Waals surface area (Å²) in [6.07, 6.45) is 45.6. The minimum absolute atomic E-state index is 0.234. The van der Waals surface area contributed by atoms with Crippen molar-refractivity contribution in [3.8, 4) is 0 Å². The Hall–Kier alpha value is -2.51. The molecule has 0 spiro atoms. The summed E-state index contributed by atoms with van der Waals surface area (Å²) in [6.45, 7) is 1.62. The van der Waals surface area contributed by atoms with Crippen LogP contribution in [0, 0.1) is 0 Å². The summed E-state index contributed by atoms with van der Waals surface area (Å²) < 4.78 is 34.3. The Kier molecular flexibility index (Phi) is 52.2. The molecule has 12 N–H and O–H groups in total. The maximum atomic E-state index is 13.4. The quantitative estimate of drug-likeness (QED) is 0.0199.